The minimum atomic E-state index is -0.128. The summed E-state index contributed by atoms with van der Waals surface area (Å²) in [5.74, 6) is 0.451. The Morgan fingerprint density at radius 1 is 1.79 bits per heavy atom. The van der Waals surface area contributed by atoms with Gasteiger partial charge in [-0.2, -0.15) is 20.0 Å². The number of hydrogen-bond donors (Lipinski definition) is 2. The molecule has 1 aliphatic rings. The fourth-order valence-corrected chi connectivity index (χ4v) is 1.75. The second-order valence-electron chi connectivity index (χ2n) is 2.74. The highest BCUT2D eigenvalue weighted by Crippen LogP contribution is 2.30. The molecule has 0 aromatic carbocycles. The molecule has 6 nitrogen and oxygen atoms in total. The first-order valence-electron chi connectivity index (χ1n) is 3.90. The molecule has 14 heavy (non-hydrogen) atoms. The van der Waals surface area contributed by atoms with Crippen molar-refractivity contribution >= 4 is 23.6 Å². The first-order valence-corrected chi connectivity index (χ1v) is 4.71. The molecule has 0 amide bonds. The highest BCUT2D eigenvalue weighted by atomic mass is 32.2. The van der Waals surface area contributed by atoms with Crippen LogP contribution in [0.4, 0.5) is 5.95 Å². The van der Waals surface area contributed by atoms with E-state index in [1.807, 2.05) is 12.3 Å². The number of anilines is 1. The predicted octanol–water partition coefficient (Wildman–Crippen LogP) is 0.990. The highest BCUT2D eigenvalue weighted by Gasteiger charge is 2.25. The van der Waals surface area contributed by atoms with E-state index in [9.17, 15) is 5.11 Å². The summed E-state index contributed by atoms with van der Waals surface area (Å²) in [5.41, 5.74) is 0. The molecule has 72 valence electrons. The number of fused-ring (bicyclic) bond motifs is 1. The zero-order chi connectivity index (χ0) is 10.1. The van der Waals surface area contributed by atoms with Crippen LogP contribution in [0.3, 0.4) is 0 Å². The van der Waals surface area contributed by atoms with Gasteiger partial charge in [-0.05, 0) is 18.7 Å². The lowest BCUT2D eigenvalue weighted by molar-refractivity contribution is 0.449. The summed E-state index contributed by atoms with van der Waals surface area (Å²) in [6.07, 6.45) is 1.34. The van der Waals surface area contributed by atoms with Crippen molar-refractivity contribution < 1.29 is 5.11 Å². The normalized spacial score (nSPS) is 19.9. The van der Waals surface area contributed by atoms with Crippen LogP contribution in [0, 0.1) is 10.7 Å². The average molecular weight is 209 g/mol. The number of aliphatic hydroxyl groups is 1. The van der Waals surface area contributed by atoms with Crippen LogP contribution in [0.5, 0.6) is 0 Å². The molecule has 1 aromatic rings. The van der Waals surface area contributed by atoms with Crippen LogP contribution >= 0.6 is 11.8 Å². The zero-order valence-corrected chi connectivity index (χ0v) is 8.12. The third kappa shape index (κ3) is 1.20. The molecule has 0 radical (unpaired) electrons. The monoisotopic (exact) mass is 209 g/mol. The third-order valence-electron chi connectivity index (χ3n) is 1.86. The molecular formula is C7H7N5OS. The molecule has 0 saturated heterocycles. The lowest BCUT2D eigenvalue weighted by atomic mass is 10.3. The topological polar surface area (TPSA) is 86.8 Å². The van der Waals surface area contributed by atoms with Gasteiger partial charge in [0.1, 0.15) is 11.7 Å². The van der Waals surface area contributed by atoms with Gasteiger partial charge in [-0.15, -0.1) is 0 Å². The Morgan fingerprint density at radius 2 is 2.57 bits per heavy atom. The Morgan fingerprint density at radius 3 is 3.29 bits per heavy atom. The Labute approximate surface area is 84.2 Å². The van der Waals surface area contributed by atoms with E-state index in [0.29, 0.717) is 10.9 Å². The fourth-order valence-electron chi connectivity index (χ4n) is 1.24. The summed E-state index contributed by atoms with van der Waals surface area (Å²) in [4.78, 5) is 4.45. The van der Waals surface area contributed by atoms with Crippen LogP contribution in [-0.2, 0) is 0 Å². The van der Waals surface area contributed by atoms with Gasteiger partial charge in [-0.25, -0.2) is 0 Å². The summed E-state index contributed by atoms with van der Waals surface area (Å²) in [6.45, 7) is 1.84. The van der Waals surface area contributed by atoms with Gasteiger partial charge in [0.25, 0.3) is 0 Å². The van der Waals surface area contributed by atoms with Crippen molar-refractivity contribution in [1.29, 1.82) is 5.26 Å². The average Bonchev–Trinajstić information content (AvgIpc) is 2.60. The van der Waals surface area contributed by atoms with Crippen molar-refractivity contribution in [3.05, 3.63) is 11.2 Å². The molecule has 0 bridgehead atoms. The number of hydrogen-bond acceptors (Lipinski definition) is 6. The number of thioether (sulfide) groups is 1. The second kappa shape index (κ2) is 3.23. The summed E-state index contributed by atoms with van der Waals surface area (Å²) >= 11 is 0.919. The van der Waals surface area contributed by atoms with Crippen molar-refractivity contribution in [3.63, 3.8) is 0 Å². The molecule has 7 heteroatoms. The van der Waals surface area contributed by atoms with Gasteiger partial charge in [-0.3, -0.25) is 0 Å². The van der Waals surface area contributed by atoms with Crippen molar-refractivity contribution in [2.45, 2.75) is 13.0 Å². The van der Waals surface area contributed by atoms with E-state index in [4.69, 9.17) is 5.26 Å². The maximum atomic E-state index is 9.74. The lowest BCUT2D eigenvalue weighted by Gasteiger charge is -2.22. The SMILES string of the molecule is C[C@H]1Nc2ncnn2C(O)=C1SC#N. The molecule has 2 heterocycles. The predicted molar refractivity (Wildman–Crippen MR) is 52.2 cm³/mol. The molecule has 0 saturated carbocycles. The smallest absolute Gasteiger partial charge is 0.229 e. The summed E-state index contributed by atoms with van der Waals surface area (Å²) in [7, 11) is 0. The molecule has 1 aliphatic heterocycles. The summed E-state index contributed by atoms with van der Waals surface area (Å²) in [5, 5.41) is 27.0. The number of aliphatic hydroxyl groups excluding tert-OH is 1. The number of nitrogens with one attached hydrogen (secondary N) is 1. The molecule has 0 unspecified atom stereocenters. The van der Waals surface area contributed by atoms with Crippen LogP contribution in [-0.4, -0.2) is 25.9 Å². The van der Waals surface area contributed by atoms with Crippen molar-refractivity contribution in [2.75, 3.05) is 5.32 Å². The lowest BCUT2D eigenvalue weighted by Crippen LogP contribution is -2.26. The van der Waals surface area contributed by atoms with Crippen molar-refractivity contribution in [3.8, 4) is 5.40 Å². The number of nitrogens with zero attached hydrogens (tertiary/aromatic N) is 4. The number of thiocyanates is 1. The maximum absolute atomic E-state index is 9.74. The van der Waals surface area contributed by atoms with Crippen LogP contribution in [0.25, 0.3) is 5.88 Å². The number of rotatable bonds is 1. The highest BCUT2D eigenvalue weighted by molar-refractivity contribution is 8.07. The van der Waals surface area contributed by atoms with Crippen LogP contribution in [0.1, 0.15) is 6.92 Å². The van der Waals surface area contributed by atoms with E-state index in [0.717, 1.165) is 11.8 Å². The molecule has 1 atom stereocenters. The van der Waals surface area contributed by atoms with E-state index < -0.39 is 0 Å². The van der Waals surface area contributed by atoms with Gasteiger partial charge < -0.3 is 10.4 Å². The Bertz CT molecular complexity index is 432. The minimum absolute atomic E-state index is 0.0321. The second-order valence-corrected chi connectivity index (χ2v) is 3.57. The van der Waals surface area contributed by atoms with Gasteiger partial charge in [0.05, 0.1) is 10.9 Å². The molecule has 0 spiro atoms. The van der Waals surface area contributed by atoms with Crippen LogP contribution < -0.4 is 5.32 Å². The fraction of sp³-hybridized carbons (Fsp3) is 0.286. The minimum Gasteiger partial charge on any atom is -0.493 e. The molecule has 0 aliphatic carbocycles. The molecule has 2 N–H and O–H groups in total. The number of nitriles is 1. The van der Waals surface area contributed by atoms with E-state index in [2.05, 4.69) is 15.4 Å². The van der Waals surface area contributed by atoms with Crippen molar-refractivity contribution in [1.82, 2.24) is 14.8 Å². The summed E-state index contributed by atoms with van der Waals surface area (Å²) in [6, 6.07) is -0.128. The zero-order valence-electron chi connectivity index (χ0n) is 7.30. The van der Waals surface area contributed by atoms with E-state index in [1.54, 1.807) is 0 Å². The van der Waals surface area contributed by atoms with Crippen LogP contribution in [0.2, 0.25) is 0 Å². The van der Waals surface area contributed by atoms with Gasteiger partial charge in [-0.1, -0.05) is 0 Å². The molecular weight excluding hydrogens is 202 g/mol. The first kappa shape index (κ1) is 8.90. The van der Waals surface area contributed by atoms with Crippen LogP contribution in [0.15, 0.2) is 11.2 Å². The maximum Gasteiger partial charge on any atom is 0.229 e. The Hall–Kier alpha value is -1.68. The quantitative estimate of drug-likeness (QED) is 0.671. The third-order valence-corrected chi connectivity index (χ3v) is 2.71. The number of aromatic nitrogens is 3. The van der Waals surface area contributed by atoms with Crippen molar-refractivity contribution in [2.24, 2.45) is 0 Å². The van der Waals surface area contributed by atoms with Gasteiger partial charge in [0.2, 0.25) is 11.8 Å². The largest absolute Gasteiger partial charge is 0.493 e. The van der Waals surface area contributed by atoms with E-state index in [-0.39, 0.29) is 11.9 Å². The molecule has 0 fully saturated rings. The van der Waals surface area contributed by atoms with Gasteiger partial charge >= 0.3 is 0 Å². The molecule has 1 aromatic heterocycles. The van der Waals surface area contributed by atoms with E-state index >= 15 is 0 Å². The van der Waals surface area contributed by atoms with Gasteiger partial charge in [0.15, 0.2) is 0 Å². The Kier molecular flexibility index (Phi) is 2.05. The summed E-state index contributed by atoms with van der Waals surface area (Å²) < 4.78 is 1.26. The standard InChI is InChI=1S/C7H7N5OS/c1-4-5(14-2-8)6(13)12-7(11-4)9-3-10-12/h3-4,13H,1H3,(H,9,10,11)/t4-/m1/s1. The van der Waals surface area contributed by atoms with Gasteiger partial charge in [0, 0.05) is 0 Å². The first-order chi connectivity index (χ1) is 6.74. The Balaban J connectivity index is 2.49. The molecule has 2 rings (SSSR count). The van der Waals surface area contributed by atoms with E-state index in [1.165, 1.54) is 11.0 Å².